The summed E-state index contributed by atoms with van der Waals surface area (Å²) in [7, 11) is 0. The van der Waals surface area contributed by atoms with Gasteiger partial charge in [-0.2, -0.15) is 0 Å². The minimum atomic E-state index is -0.804. The van der Waals surface area contributed by atoms with Gasteiger partial charge < -0.3 is 20.5 Å². The molecule has 1 aromatic carbocycles. The highest BCUT2D eigenvalue weighted by molar-refractivity contribution is 5.89. The number of aliphatic hydroxyl groups is 1. The summed E-state index contributed by atoms with van der Waals surface area (Å²) in [5.74, 6) is 0.628. The van der Waals surface area contributed by atoms with E-state index < -0.39 is 5.60 Å². The number of urea groups is 1. The maximum Gasteiger partial charge on any atom is 0.319 e. The molecule has 0 aliphatic carbocycles. The molecular formula is C16H26N2O3. The van der Waals surface area contributed by atoms with E-state index >= 15 is 0 Å². The van der Waals surface area contributed by atoms with Gasteiger partial charge in [0.1, 0.15) is 12.4 Å². The zero-order valence-electron chi connectivity index (χ0n) is 13.1. The SMILES string of the molecule is CCCNC(=O)Nc1cccc(OCC(O)(CC)CC)c1. The fourth-order valence-electron chi connectivity index (χ4n) is 1.75. The van der Waals surface area contributed by atoms with Crippen molar-refractivity contribution in [1.82, 2.24) is 5.32 Å². The van der Waals surface area contributed by atoms with E-state index in [0.717, 1.165) is 6.42 Å². The van der Waals surface area contributed by atoms with Gasteiger partial charge in [-0.05, 0) is 31.4 Å². The van der Waals surface area contributed by atoms with Gasteiger partial charge >= 0.3 is 6.03 Å². The first kappa shape index (κ1) is 17.3. The molecule has 5 nitrogen and oxygen atoms in total. The van der Waals surface area contributed by atoms with E-state index in [1.165, 1.54) is 0 Å². The first-order valence-electron chi connectivity index (χ1n) is 7.53. The Balaban J connectivity index is 2.58. The zero-order chi connectivity index (χ0) is 15.7. The summed E-state index contributed by atoms with van der Waals surface area (Å²) >= 11 is 0. The van der Waals surface area contributed by atoms with Gasteiger partial charge in [-0.15, -0.1) is 0 Å². The fraction of sp³-hybridized carbons (Fsp3) is 0.562. The molecule has 0 saturated carbocycles. The van der Waals surface area contributed by atoms with Crippen molar-refractivity contribution in [2.45, 2.75) is 45.6 Å². The quantitative estimate of drug-likeness (QED) is 0.689. The number of hydrogen-bond donors (Lipinski definition) is 3. The van der Waals surface area contributed by atoms with Crippen LogP contribution in [0.1, 0.15) is 40.0 Å². The lowest BCUT2D eigenvalue weighted by molar-refractivity contribution is -0.0113. The van der Waals surface area contributed by atoms with E-state index in [-0.39, 0.29) is 12.6 Å². The molecule has 0 atom stereocenters. The summed E-state index contributed by atoms with van der Waals surface area (Å²) in [6, 6.07) is 6.93. The monoisotopic (exact) mass is 294 g/mol. The number of amides is 2. The van der Waals surface area contributed by atoms with E-state index in [9.17, 15) is 9.90 Å². The number of nitrogens with one attached hydrogen (secondary N) is 2. The number of benzene rings is 1. The molecular weight excluding hydrogens is 268 g/mol. The number of hydrogen-bond acceptors (Lipinski definition) is 3. The predicted molar refractivity (Wildman–Crippen MR) is 84.8 cm³/mol. The van der Waals surface area contributed by atoms with Crippen LogP contribution in [0.4, 0.5) is 10.5 Å². The van der Waals surface area contributed by atoms with Crippen molar-refractivity contribution in [1.29, 1.82) is 0 Å². The molecule has 0 aliphatic heterocycles. The molecule has 0 aliphatic rings. The smallest absolute Gasteiger partial charge is 0.319 e. The van der Waals surface area contributed by atoms with Crippen molar-refractivity contribution in [3.05, 3.63) is 24.3 Å². The van der Waals surface area contributed by atoms with E-state index in [2.05, 4.69) is 10.6 Å². The molecule has 0 aromatic heterocycles. The molecule has 0 unspecified atom stereocenters. The van der Waals surface area contributed by atoms with Crippen LogP contribution in [0.15, 0.2) is 24.3 Å². The average Bonchev–Trinajstić information content (AvgIpc) is 2.51. The molecule has 5 heteroatoms. The van der Waals surface area contributed by atoms with Crippen LogP contribution in [0, 0.1) is 0 Å². The van der Waals surface area contributed by atoms with Crippen LogP contribution < -0.4 is 15.4 Å². The first-order valence-corrected chi connectivity index (χ1v) is 7.53. The third-order valence-corrected chi connectivity index (χ3v) is 3.45. The van der Waals surface area contributed by atoms with Gasteiger partial charge in [0.2, 0.25) is 0 Å². The summed E-state index contributed by atoms with van der Waals surface area (Å²) in [5.41, 5.74) is -0.139. The Labute approximate surface area is 126 Å². The summed E-state index contributed by atoms with van der Waals surface area (Å²) in [6.07, 6.45) is 2.17. The van der Waals surface area contributed by atoms with Crippen molar-refractivity contribution in [2.75, 3.05) is 18.5 Å². The minimum Gasteiger partial charge on any atom is -0.491 e. The molecule has 0 heterocycles. The van der Waals surface area contributed by atoms with Crippen LogP contribution in [0.5, 0.6) is 5.75 Å². The van der Waals surface area contributed by atoms with Crippen LogP contribution in [-0.2, 0) is 0 Å². The van der Waals surface area contributed by atoms with Gasteiger partial charge in [-0.3, -0.25) is 0 Å². The molecule has 1 rings (SSSR count). The van der Waals surface area contributed by atoms with Gasteiger partial charge in [0.25, 0.3) is 0 Å². The normalized spacial score (nSPS) is 11.0. The standard InChI is InChI=1S/C16H26N2O3/c1-4-10-17-15(19)18-13-8-7-9-14(11-13)21-12-16(20,5-2)6-3/h7-9,11,20H,4-6,10,12H2,1-3H3,(H2,17,18,19). The maximum atomic E-state index is 11.6. The molecule has 0 fully saturated rings. The summed E-state index contributed by atoms with van der Waals surface area (Å²) < 4.78 is 5.63. The molecule has 0 saturated heterocycles. The molecule has 0 spiro atoms. The molecule has 2 amide bonds. The zero-order valence-corrected chi connectivity index (χ0v) is 13.1. The molecule has 118 valence electrons. The van der Waals surface area contributed by atoms with Gasteiger partial charge in [-0.1, -0.05) is 26.8 Å². The Morgan fingerprint density at radius 3 is 2.62 bits per heavy atom. The maximum absolute atomic E-state index is 11.6. The van der Waals surface area contributed by atoms with Crippen molar-refractivity contribution in [2.24, 2.45) is 0 Å². The highest BCUT2D eigenvalue weighted by Gasteiger charge is 2.23. The van der Waals surface area contributed by atoms with Gasteiger partial charge in [0.15, 0.2) is 0 Å². The average molecular weight is 294 g/mol. The Morgan fingerprint density at radius 2 is 2.00 bits per heavy atom. The van der Waals surface area contributed by atoms with Crippen LogP contribution in [0.25, 0.3) is 0 Å². The van der Waals surface area contributed by atoms with Gasteiger partial charge in [0.05, 0.1) is 5.60 Å². The van der Waals surface area contributed by atoms with Crippen LogP contribution >= 0.6 is 0 Å². The number of anilines is 1. The highest BCUT2D eigenvalue weighted by Crippen LogP contribution is 2.21. The van der Waals surface area contributed by atoms with Crippen molar-refractivity contribution >= 4 is 11.7 Å². The topological polar surface area (TPSA) is 70.6 Å². The third-order valence-electron chi connectivity index (χ3n) is 3.45. The Morgan fingerprint density at radius 1 is 1.29 bits per heavy atom. The van der Waals surface area contributed by atoms with Crippen molar-refractivity contribution in [3.8, 4) is 5.75 Å². The largest absolute Gasteiger partial charge is 0.491 e. The number of carbonyl (C=O) groups is 1. The Hall–Kier alpha value is -1.75. The number of ether oxygens (including phenoxy) is 1. The first-order chi connectivity index (χ1) is 10.0. The molecule has 21 heavy (non-hydrogen) atoms. The molecule has 3 N–H and O–H groups in total. The number of carbonyl (C=O) groups excluding carboxylic acids is 1. The lowest BCUT2D eigenvalue weighted by Crippen LogP contribution is -2.34. The molecule has 1 aromatic rings. The lowest BCUT2D eigenvalue weighted by atomic mass is 9.99. The molecule has 0 bridgehead atoms. The minimum absolute atomic E-state index is 0.229. The molecule has 0 radical (unpaired) electrons. The summed E-state index contributed by atoms with van der Waals surface area (Å²) in [6.45, 7) is 6.75. The van der Waals surface area contributed by atoms with E-state index in [1.54, 1.807) is 18.2 Å². The van der Waals surface area contributed by atoms with E-state index in [4.69, 9.17) is 4.74 Å². The summed E-state index contributed by atoms with van der Waals surface area (Å²) in [5, 5.41) is 15.7. The second-order valence-electron chi connectivity index (χ2n) is 5.13. The second-order valence-corrected chi connectivity index (χ2v) is 5.13. The number of rotatable bonds is 8. The Kier molecular flexibility index (Phi) is 7.02. The van der Waals surface area contributed by atoms with E-state index in [0.29, 0.717) is 30.8 Å². The van der Waals surface area contributed by atoms with Crippen LogP contribution in [-0.4, -0.2) is 29.9 Å². The van der Waals surface area contributed by atoms with Crippen molar-refractivity contribution in [3.63, 3.8) is 0 Å². The highest BCUT2D eigenvalue weighted by atomic mass is 16.5. The van der Waals surface area contributed by atoms with Crippen LogP contribution in [0.2, 0.25) is 0 Å². The van der Waals surface area contributed by atoms with Crippen molar-refractivity contribution < 1.29 is 14.6 Å². The van der Waals surface area contributed by atoms with Crippen LogP contribution in [0.3, 0.4) is 0 Å². The van der Waals surface area contributed by atoms with Gasteiger partial charge in [0, 0.05) is 18.3 Å². The van der Waals surface area contributed by atoms with Gasteiger partial charge in [-0.25, -0.2) is 4.79 Å². The second kappa shape index (κ2) is 8.52. The third kappa shape index (κ3) is 6.04. The summed E-state index contributed by atoms with van der Waals surface area (Å²) in [4.78, 5) is 11.6. The van der Waals surface area contributed by atoms with E-state index in [1.807, 2.05) is 26.8 Å². The Bertz CT molecular complexity index is 445. The fourth-order valence-corrected chi connectivity index (χ4v) is 1.75. The predicted octanol–water partition coefficient (Wildman–Crippen LogP) is 3.15. The lowest BCUT2D eigenvalue weighted by Gasteiger charge is -2.25.